The molecule has 4 aliphatic rings. The second kappa shape index (κ2) is 12.0. The second-order valence-corrected chi connectivity index (χ2v) is 9.49. The lowest BCUT2D eigenvalue weighted by Gasteiger charge is -2.43. The molecule has 2 aliphatic heterocycles. The minimum Gasteiger partial charge on any atom is -0.463 e. The molecule has 38 heavy (non-hydrogen) atoms. The molecule has 0 radical (unpaired) electrons. The van der Waals surface area contributed by atoms with Gasteiger partial charge in [-0.2, -0.15) is 5.10 Å². The number of ether oxygens (including phenoxy) is 1. The van der Waals surface area contributed by atoms with Gasteiger partial charge in [0.2, 0.25) is 0 Å². The molecule has 0 aromatic rings. The molecule has 0 aromatic heterocycles. The Balaban J connectivity index is 1.43. The maximum Gasteiger partial charge on any atom is 0.330 e. The van der Waals surface area contributed by atoms with E-state index in [1.807, 2.05) is 11.0 Å². The molecular weight excluding hydrogens is 485 g/mol. The zero-order valence-electron chi connectivity index (χ0n) is 22.0. The monoisotopic (exact) mass is 519 g/mol. The number of aliphatic imine (C=N–C) groups is 1. The molecule has 8 nitrogen and oxygen atoms in total. The van der Waals surface area contributed by atoms with Gasteiger partial charge < -0.3 is 15.0 Å². The summed E-state index contributed by atoms with van der Waals surface area (Å²) in [7, 11) is 1.60. The van der Waals surface area contributed by atoms with Crippen molar-refractivity contribution >= 4 is 23.9 Å². The van der Waals surface area contributed by atoms with Crippen molar-refractivity contribution in [3.63, 3.8) is 0 Å². The Morgan fingerprint density at radius 2 is 2.11 bits per heavy atom. The third kappa shape index (κ3) is 5.93. The highest BCUT2D eigenvalue weighted by atomic mass is 19.1. The van der Waals surface area contributed by atoms with Crippen LogP contribution in [0.5, 0.6) is 0 Å². The van der Waals surface area contributed by atoms with Crippen LogP contribution >= 0.6 is 0 Å². The average molecular weight is 520 g/mol. The lowest BCUT2D eigenvalue weighted by Crippen LogP contribution is -2.52. The number of rotatable bonds is 6. The molecule has 0 aromatic carbocycles. The van der Waals surface area contributed by atoms with Crippen LogP contribution in [0.15, 0.2) is 94.3 Å². The van der Waals surface area contributed by atoms with E-state index in [1.165, 1.54) is 23.4 Å². The number of nitrogens with one attached hydrogen (secondary N) is 1. The van der Waals surface area contributed by atoms with Gasteiger partial charge in [-0.25, -0.2) is 14.2 Å². The Bertz CT molecular complexity index is 1220. The number of piperidine rings is 1. The first-order chi connectivity index (χ1) is 18.3. The first kappa shape index (κ1) is 27.0. The fraction of sp³-hybridized carbons (Fsp3) is 0.379. The van der Waals surface area contributed by atoms with E-state index >= 15 is 0 Å². The van der Waals surface area contributed by atoms with Crippen LogP contribution in [0.2, 0.25) is 0 Å². The number of hydrogen-bond acceptors (Lipinski definition) is 6. The van der Waals surface area contributed by atoms with Crippen LogP contribution in [0.25, 0.3) is 0 Å². The number of hydrazone groups is 1. The summed E-state index contributed by atoms with van der Waals surface area (Å²) in [5, 5.41) is 8.87. The molecule has 0 saturated carbocycles. The number of nitrogens with zero attached hydrogens (tertiary/aromatic N) is 4. The Morgan fingerprint density at radius 1 is 1.32 bits per heavy atom. The third-order valence-electron chi connectivity index (χ3n) is 7.12. The van der Waals surface area contributed by atoms with Gasteiger partial charge >= 0.3 is 5.97 Å². The zero-order valence-corrected chi connectivity index (χ0v) is 22.0. The molecule has 4 atom stereocenters. The zero-order chi connectivity index (χ0) is 27.2. The molecular formula is C29H34FN5O3. The van der Waals surface area contributed by atoms with E-state index in [-0.39, 0.29) is 30.4 Å². The summed E-state index contributed by atoms with van der Waals surface area (Å²) >= 11 is 0. The minimum atomic E-state index is -0.451. The van der Waals surface area contributed by atoms with E-state index in [1.54, 1.807) is 32.2 Å². The van der Waals surface area contributed by atoms with Crippen LogP contribution in [-0.2, 0) is 14.3 Å². The molecule has 1 fully saturated rings. The van der Waals surface area contributed by atoms with Gasteiger partial charge in [-0.3, -0.25) is 9.79 Å². The Labute approximate surface area is 223 Å². The minimum absolute atomic E-state index is 0.0560. The number of carbonyl (C=O) groups excluding carboxylic acids is 2. The van der Waals surface area contributed by atoms with Gasteiger partial charge in [-0.15, -0.1) is 0 Å². The van der Waals surface area contributed by atoms with Crippen molar-refractivity contribution in [2.45, 2.75) is 32.7 Å². The molecule has 2 aliphatic carbocycles. The van der Waals surface area contributed by atoms with Gasteiger partial charge in [-0.05, 0) is 38.7 Å². The maximum absolute atomic E-state index is 14.7. The number of amides is 1. The summed E-state index contributed by atoms with van der Waals surface area (Å²) in [5.74, 6) is 0.229. The van der Waals surface area contributed by atoms with Crippen LogP contribution in [-0.4, -0.2) is 60.1 Å². The van der Waals surface area contributed by atoms with Crippen molar-refractivity contribution in [2.24, 2.45) is 27.8 Å². The molecule has 1 saturated heterocycles. The van der Waals surface area contributed by atoms with Crippen molar-refractivity contribution in [3.05, 3.63) is 84.2 Å². The smallest absolute Gasteiger partial charge is 0.330 e. The van der Waals surface area contributed by atoms with Crippen molar-refractivity contribution < 1.29 is 18.7 Å². The summed E-state index contributed by atoms with van der Waals surface area (Å²) in [6, 6.07) is 0.0560. The molecule has 200 valence electrons. The SMILES string of the molecule is C=C1NC(C(=O)N2CCC3C=CC=CC3C2C)=CC(=NC)N1/N=C/C1=CCC(/C=C/C(=O)OCC)C=C1F. The van der Waals surface area contributed by atoms with Crippen LogP contribution in [0.1, 0.15) is 26.7 Å². The number of halogens is 1. The largest absolute Gasteiger partial charge is 0.463 e. The summed E-state index contributed by atoms with van der Waals surface area (Å²) < 4.78 is 19.6. The Hall–Kier alpha value is -4.01. The molecule has 2 heterocycles. The van der Waals surface area contributed by atoms with E-state index in [0.29, 0.717) is 41.8 Å². The number of amidine groups is 1. The van der Waals surface area contributed by atoms with Crippen molar-refractivity contribution in [1.82, 2.24) is 15.2 Å². The Kier molecular flexibility index (Phi) is 8.55. The maximum atomic E-state index is 14.7. The van der Waals surface area contributed by atoms with Gasteiger partial charge in [0.1, 0.15) is 17.3 Å². The molecule has 0 bridgehead atoms. The number of hydrogen-bond donors (Lipinski definition) is 1. The van der Waals surface area contributed by atoms with Gasteiger partial charge in [0.05, 0.1) is 12.8 Å². The van der Waals surface area contributed by atoms with Gasteiger partial charge in [-0.1, -0.05) is 43.0 Å². The number of allylic oxidation sites excluding steroid dienone is 8. The van der Waals surface area contributed by atoms with E-state index in [2.05, 4.69) is 47.1 Å². The molecule has 1 amide bonds. The van der Waals surface area contributed by atoms with E-state index in [4.69, 9.17) is 4.74 Å². The highest BCUT2D eigenvalue weighted by molar-refractivity contribution is 6.05. The molecule has 9 heteroatoms. The van der Waals surface area contributed by atoms with Crippen LogP contribution < -0.4 is 5.32 Å². The molecule has 0 spiro atoms. The fourth-order valence-corrected chi connectivity index (χ4v) is 5.07. The Morgan fingerprint density at radius 3 is 2.84 bits per heavy atom. The number of likely N-dealkylation sites (tertiary alicyclic amines) is 1. The van der Waals surface area contributed by atoms with E-state index in [9.17, 15) is 14.0 Å². The molecule has 1 N–H and O–H groups in total. The highest BCUT2D eigenvalue weighted by Gasteiger charge is 2.37. The summed E-state index contributed by atoms with van der Waals surface area (Å²) in [4.78, 5) is 31.1. The number of carbonyl (C=O) groups is 2. The first-order valence-corrected chi connectivity index (χ1v) is 12.9. The second-order valence-electron chi connectivity index (χ2n) is 9.49. The number of esters is 1. The standard InChI is InChI=1S/C29H34FN5O3/c1-5-38-28(36)13-11-21-10-12-23(25(30)16-21)18-32-35-20(3)33-26(17-27(35)31-4)29(37)34-15-14-22-8-6-7-9-24(22)19(34)2/h6-9,11-13,16-19,21-22,24,33H,3,5,10,14-15H2,1-2,4H3/b13-11+,31-27?,32-18+. The normalized spacial score (nSPS) is 28.3. The van der Waals surface area contributed by atoms with Gasteiger partial charge in [0, 0.05) is 49.2 Å². The average Bonchev–Trinajstić information content (AvgIpc) is 2.91. The topological polar surface area (TPSA) is 86.6 Å². The predicted octanol–water partition coefficient (Wildman–Crippen LogP) is 4.16. The van der Waals surface area contributed by atoms with E-state index < -0.39 is 11.8 Å². The van der Waals surface area contributed by atoms with E-state index in [0.717, 1.165) is 6.42 Å². The summed E-state index contributed by atoms with van der Waals surface area (Å²) in [6.45, 7) is 8.78. The predicted molar refractivity (Wildman–Crippen MR) is 146 cm³/mol. The quantitative estimate of drug-likeness (QED) is 0.324. The van der Waals surface area contributed by atoms with Gasteiger partial charge in [0.25, 0.3) is 5.91 Å². The van der Waals surface area contributed by atoms with Gasteiger partial charge in [0.15, 0.2) is 5.84 Å². The van der Waals surface area contributed by atoms with Crippen molar-refractivity contribution in [3.8, 4) is 0 Å². The van der Waals surface area contributed by atoms with Crippen LogP contribution in [0.4, 0.5) is 4.39 Å². The van der Waals surface area contributed by atoms with Crippen molar-refractivity contribution in [2.75, 3.05) is 20.2 Å². The third-order valence-corrected chi connectivity index (χ3v) is 7.12. The van der Waals surface area contributed by atoms with Crippen molar-refractivity contribution in [1.29, 1.82) is 0 Å². The first-order valence-electron chi connectivity index (χ1n) is 12.9. The summed E-state index contributed by atoms with van der Waals surface area (Å²) in [6.07, 6.45) is 19.1. The van der Waals surface area contributed by atoms with Crippen LogP contribution in [0.3, 0.4) is 0 Å². The highest BCUT2D eigenvalue weighted by Crippen LogP contribution is 2.34. The number of fused-ring (bicyclic) bond motifs is 1. The molecule has 4 unspecified atom stereocenters. The lowest BCUT2D eigenvalue weighted by atomic mass is 9.77. The lowest BCUT2D eigenvalue weighted by molar-refractivity contribution is -0.137. The summed E-state index contributed by atoms with van der Waals surface area (Å²) in [5.41, 5.74) is 0.688. The molecule has 4 rings (SSSR count). The fourth-order valence-electron chi connectivity index (χ4n) is 5.07. The van der Waals surface area contributed by atoms with Crippen LogP contribution in [0, 0.1) is 17.8 Å².